The molecule has 0 aliphatic rings. The van der Waals surface area contributed by atoms with Crippen LogP contribution in [0, 0.1) is 0 Å². The van der Waals surface area contributed by atoms with E-state index in [4.69, 9.17) is 16.3 Å². The number of anilines is 1. The van der Waals surface area contributed by atoms with Crippen molar-refractivity contribution in [2.75, 3.05) is 12.4 Å². The fraction of sp³-hybridized carbons (Fsp3) is 0.105. The van der Waals surface area contributed by atoms with Crippen molar-refractivity contribution in [3.8, 4) is 5.75 Å². The number of amides is 1. The van der Waals surface area contributed by atoms with E-state index in [2.05, 4.69) is 10.4 Å². The summed E-state index contributed by atoms with van der Waals surface area (Å²) in [6.07, 6.45) is 0. The SMILES string of the molecule is COc1cccc(NC(=O)Cn2nc(S(=O)(=O)c3ccc(Cl)cc3)ccc2=O)c1. The third kappa shape index (κ3) is 4.82. The summed E-state index contributed by atoms with van der Waals surface area (Å²) in [5.41, 5.74) is -0.145. The summed E-state index contributed by atoms with van der Waals surface area (Å²) in [5, 5.41) is 6.49. The Balaban J connectivity index is 1.84. The molecule has 0 aliphatic carbocycles. The second-order valence-electron chi connectivity index (χ2n) is 5.90. The maximum Gasteiger partial charge on any atom is 0.267 e. The smallest absolute Gasteiger partial charge is 0.267 e. The number of methoxy groups -OCH3 is 1. The maximum absolute atomic E-state index is 12.7. The topological polar surface area (TPSA) is 107 Å². The highest BCUT2D eigenvalue weighted by Crippen LogP contribution is 2.20. The molecular formula is C19H16ClN3O5S. The van der Waals surface area contributed by atoms with Crippen molar-refractivity contribution in [3.05, 3.63) is 76.0 Å². The highest BCUT2D eigenvalue weighted by molar-refractivity contribution is 7.91. The summed E-state index contributed by atoms with van der Waals surface area (Å²) in [4.78, 5) is 24.3. The highest BCUT2D eigenvalue weighted by Gasteiger charge is 2.21. The van der Waals surface area contributed by atoms with Crippen LogP contribution in [0.4, 0.5) is 5.69 Å². The lowest BCUT2D eigenvalue weighted by atomic mass is 10.3. The van der Waals surface area contributed by atoms with Crippen LogP contribution in [-0.2, 0) is 21.2 Å². The summed E-state index contributed by atoms with van der Waals surface area (Å²) in [7, 11) is -2.48. The monoisotopic (exact) mass is 433 g/mol. The molecule has 1 heterocycles. The lowest BCUT2D eigenvalue weighted by Crippen LogP contribution is -2.30. The van der Waals surface area contributed by atoms with Gasteiger partial charge >= 0.3 is 0 Å². The molecule has 8 nitrogen and oxygen atoms in total. The van der Waals surface area contributed by atoms with Crippen molar-refractivity contribution in [1.29, 1.82) is 0 Å². The molecule has 3 aromatic rings. The number of halogens is 1. The van der Waals surface area contributed by atoms with E-state index in [-0.39, 0.29) is 9.92 Å². The minimum absolute atomic E-state index is 0.0274. The molecular weight excluding hydrogens is 418 g/mol. The fourth-order valence-corrected chi connectivity index (χ4v) is 3.77. The van der Waals surface area contributed by atoms with Gasteiger partial charge in [0.05, 0.1) is 12.0 Å². The Hall–Kier alpha value is -3.17. The van der Waals surface area contributed by atoms with Gasteiger partial charge in [-0.3, -0.25) is 9.59 Å². The van der Waals surface area contributed by atoms with Crippen LogP contribution in [0.5, 0.6) is 5.75 Å². The molecule has 1 amide bonds. The van der Waals surface area contributed by atoms with Gasteiger partial charge < -0.3 is 10.1 Å². The van der Waals surface area contributed by atoms with E-state index < -0.39 is 27.8 Å². The summed E-state index contributed by atoms with van der Waals surface area (Å²) in [5.74, 6) is 0.00282. The Morgan fingerprint density at radius 2 is 1.86 bits per heavy atom. The van der Waals surface area contributed by atoms with Gasteiger partial charge in [0.1, 0.15) is 12.3 Å². The molecule has 0 fully saturated rings. The molecule has 1 N–H and O–H groups in total. The standard InChI is InChI=1S/C19H16ClN3O5S/c1-28-15-4-2-3-14(11-15)21-17(24)12-23-19(25)10-9-18(22-23)29(26,27)16-7-5-13(20)6-8-16/h2-11H,12H2,1H3,(H,21,24). The van der Waals surface area contributed by atoms with Gasteiger partial charge in [-0.2, -0.15) is 5.10 Å². The average Bonchev–Trinajstić information content (AvgIpc) is 2.70. The van der Waals surface area contributed by atoms with E-state index >= 15 is 0 Å². The lowest BCUT2D eigenvalue weighted by molar-refractivity contribution is -0.117. The van der Waals surface area contributed by atoms with Crippen molar-refractivity contribution in [2.45, 2.75) is 16.5 Å². The highest BCUT2D eigenvalue weighted by atomic mass is 35.5. The Labute approximate surface area is 171 Å². The molecule has 150 valence electrons. The normalized spacial score (nSPS) is 11.1. The number of hydrogen-bond donors (Lipinski definition) is 1. The third-order valence-electron chi connectivity index (χ3n) is 3.89. The summed E-state index contributed by atoms with van der Waals surface area (Å²) in [6, 6.07) is 14.4. The van der Waals surface area contributed by atoms with Crippen LogP contribution in [0.2, 0.25) is 5.02 Å². The van der Waals surface area contributed by atoms with Crippen molar-refractivity contribution >= 4 is 33.0 Å². The van der Waals surface area contributed by atoms with E-state index in [1.54, 1.807) is 24.3 Å². The van der Waals surface area contributed by atoms with Gasteiger partial charge in [-0.15, -0.1) is 0 Å². The van der Waals surface area contributed by atoms with Crippen LogP contribution < -0.4 is 15.6 Å². The van der Waals surface area contributed by atoms with Gasteiger partial charge in [0.2, 0.25) is 15.7 Å². The number of benzene rings is 2. The van der Waals surface area contributed by atoms with E-state index in [0.29, 0.717) is 16.5 Å². The molecule has 29 heavy (non-hydrogen) atoms. The molecule has 10 heteroatoms. The number of carbonyl (C=O) groups is 1. The van der Waals surface area contributed by atoms with Gasteiger partial charge in [-0.05, 0) is 42.5 Å². The number of nitrogens with one attached hydrogen (secondary N) is 1. The molecule has 0 saturated carbocycles. The number of rotatable bonds is 6. The van der Waals surface area contributed by atoms with Crippen molar-refractivity contribution in [1.82, 2.24) is 9.78 Å². The molecule has 0 unspecified atom stereocenters. The number of nitrogens with zero attached hydrogens (tertiary/aromatic N) is 2. The first-order chi connectivity index (χ1) is 13.8. The first kappa shape index (κ1) is 20.6. The van der Waals surface area contributed by atoms with Crippen LogP contribution in [0.1, 0.15) is 0 Å². The summed E-state index contributed by atoms with van der Waals surface area (Å²) >= 11 is 5.79. The second kappa shape index (κ2) is 8.46. The minimum atomic E-state index is -3.98. The first-order valence-corrected chi connectivity index (χ1v) is 10.2. The Morgan fingerprint density at radius 3 is 2.55 bits per heavy atom. The number of hydrogen-bond acceptors (Lipinski definition) is 6. The van der Waals surface area contributed by atoms with E-state index in [0.717, 1.165) is 16.8 Å². The zero-order valence-electron chi connectivity index (χ0n) is 15.2. The molecule has 0 spiro atoms. The molecule has 2 aromatic carbocycles. The van der Waals surface area contributed by atoms with Crippen LogP contribution in [-0.4, -0.2) is 31.2 Å². The fourth-order valence-electron chi connectivity index (χ4n) is 2.46. The number of carbonyl (C=O) groups excluding carboxylic acids is 1. The summed E-state index contributed by atoms with van der Waals surface area (Å²) < 4.78 is 31.3. The van der Waals surface area contributed by atoms with Crippen LogP contribution in [0.3, 0.4) is 0 Å². The number of aromatic nitrogens is 2. The summed E-state index contributed by atoms with van der Waals surface area (Å²) in [6.45, 7) is -0.458. The second-order valence-corrected chi connectivity index (χ2v) is 8.24. The van der Waals surface area contributed by atoms with Gasteiger partial charge in [-0.25, -0.2) is 13.1 Å². The minimum Gasteiger partial charge on any atom is -0.497 e. The van der Waals surface area contributed by atoms with E-state index in [1.807, 2.05) is 0 Å². The number of sulfone groups is 1. The molecule has 0 bridgehead atoms. The zero-order valence-corrected chi connectivity index (χ0v) is 16.8. The Bertz CT molecular complexity index is 1210. The van der Waals surface area contributed by atoms with E-state index in [9.17, 15) is 18.0 Å². The van der Waals surface area contributed by atoms with Crippen LogP contribution >= 0.6 is 11.6 Å². The largest absolute Gasteiger partial charge is 0.497 e. The van der Waals surface area contributed by atoms with Gasteiger partial charge in [0.25, 0.3) is 5.56 Å². The molecule has 0 atom stereocenters. The molecule has 3 rings (SSSR count). The molecule has 0 saturated heterocycles. The maximum atomic E-state index is 12.7. The number of ether oxygens (including phenoxy) is 1. The Kier molecular flexibility index (Phi) is 6.00. The predicted molar refractivity (Wildman–Crippen MR) is 107 cm³/mol. The lowest BCUT2D eigenvalue weighted by Gasteiger charge is -2.09. The van der Waals surface area contributed by atoms with Crippen molar-refractivity contribution < 1.29 is 17.9 Å². The van der Waals surface area contributed by atoms with Crippen molar-refractivity contribution in [2.24, 2.45) is 0 Å². The Morgan fingerprint density at radius 1 is 1.14 bits per heavy atom. The van der Waals surface area contributed by atoms with Crippen LogP contribution in [0.25, 0.3) is 0 Å². The van der Waals surface area contributed by atoms with E-state index in [1.165, 1.54) is 31.4 Å². The van der Waals surface area contributed by atoms with Gasteiger partial charge in [0.15, 0.2) is 5.03 Å². The third-order valence-corrected chi connectivity index (χ3v) is 5.80. The molecule has 1 aromatic heterocycles. The molecule has 0 radical (unpaired) electrons. The average molecular weight is 434 g/mol. The molecule has 0 aliphatic heterocycles. The van der Waals surface area contributed by atoms with Crippen molar-refractivity contribution in [3.63, 3.8) is 0 Å². The van der Waals surface area contributed by atoms with Crippen LogP contribution in [0.15, 0.2) is 75.4 Å². The van der Waals surface area contributed by atoms with Gasteiger partial charge in [-0.1, -0.05) is 17.7 Å². The van der Waals surface area contributed by atoms with Gasteiger partial charge in [0, 0.05) is 22.8 Å². The zero-order chi connectivity index (χ0) is 21.0. The predicted octanol–water partition coefficient (Wildman–Crippen LogP) is 2.38. The first-order valence-electron chi connectivity index (χ1n) is 8.32. The quantitative estimate of drug-likeness (QED) is 0.639.